The van der Waals surface area contributed by atoms with Gasteiger partial charge in [-0.15, -0.1) is 0 Å². The van der Waals surface area contributed by atoms with Crippen LogP contribution in [-0.2, 0) is 0 Å². The lowest BCUT2D eigenvalue weighted by atomic mass is 10.1. The molecule has 0 fully saturated rings. The Morgan fingerprint density at radius 2 is 1.67 bits per heavy atom. The Hall–Kier alpha value is -2.67. The van der Waals surface area contributed by atoms with Crippen molar-refractivity contribution >= 4 is 17.4 Å². The lowest BCUT2D eigenvalue weighted by molar-refractivity contribution is 0.548. The Balaban J connectivity index is 2.19. The van der Waals surface area contributed by atoms with Crippen molar-refractivity contribution in [2.75, 3.05) is 5.73 Å². The fourth-order valence-electron chi connectivity index (χ4n) is 2.23. The molecule has 0 bridgehead atoms. The second-order valence-corrected chi connectivity index (χ2v) is 5.42. The predicted octanol–water partition coefficient (Wildman–Crippen LogP) is 4.17. The Morgan fingerprint density at radius 1 is 1.00 bits per heavy atom. The Bertz CT molecular complexity index is 900. The summed E-state index contributed by atoms with van der Waals surface area (Å²) in [6.45, 7) is 1.85. The summed E-state index contributed by atoms with van der Waals surface area (Å²) in [7, 11) is 0. The van der Waals surface area contributed by atoms with Gasteiger partial charge >= 0.3 is 0 Å². The zero-order valence-electron chi connectivity index (χ0n) is 12.3. The van der Waals surface area contributed by atoms with Gasteiger partial charge in [-0.3, -0.25) is 4.98 Å². The molecule has 122 valence electrons. The van der Waals surface area contributed by atoms with E-state index in [1.165, 1.54) is 0 Å². The third-order valence-electron chi connectivity index (χ3n) is 3.29. The smallest absolute Gasteiger partial charge is 0.181 e. The number of benzene rings is 1. The maximum Gasteiger partial charge on any atom is 0.181 e. The summed E-state index contributed by atoms with van der Waals surface area (Å²) < 4.78 is 41.0. The van der Waals surface area contributed by atoms with E-state index in [0.29, 0.717) is 17.8 Å². The van der Waals surface area contributed by atoms with Gasteiger partial charge in [-0.2, -0.15) is 0 Å². The molecule has 0 spiro atoms. The van der Waals surface area contributed by atoms with Crippen LogP contribution < -0.4 is 5.73 Å². The fourth-order valence-corrected chi connectivity index (χ4v) is 2.51. The number of rotatable bonds is 2. The molecule has 24 heavy (non-hydrogen) atoms. The van der Waals surface area contributed by atoms with Crippen molar-refractivity contribution < 1.29 is 13.2 Å². The summed E-state index contributed by atoms with van der Waals surface area (Å²) in [6, 6.07) is 4.56. The molecule has 0 aliphatic rings. The van der Waals surface area contributed by atoms with E-state index < -0.39 is 23.0 Å². The number of halogens is 4. The average Bonchev–Trinajstić information content (AvgIpc) is 2.48. The van der Waals surface area contributed by atoms with Crippen molar-refractivity contribution in [1.29, 1.82) is 0 Å². The van der Waals surface area contributed by atoms with E-state index in [0.717, 1.165) is 5.56 Å². The first-order valence-corrected chi connectivity index (χ1v) is 7.15. The van der Waals surface area contributed by atoms with Crippen molar-refractivity contribution in [3.63, 3.8) is 0 Å². The lowest BCUT2D eigenvalue weighted by Gasteiger charge is -2.11. The zero-order valence-corrected chi connectivity index (χ0v) is 13.1. The number of nitrogen functional groups attached to an aromatic ring is 1. The Kier molecular flexibility index (Phi) is 4.11. The monoisotopic (exact) mass is 350 g/mol. The standard InChI is InChI=1S/C16H10ClF3N4/c1-7-2-3-22-11(4-7)16-23-14(17)13(15(21)24-16)12-9(19)5-8(18)6-10(12)20/h2-6H,1H3,(H2,21,23,24). The van der Waals surface area contributed by atoms with E-state index in [1.54, 1.807) is 18.3 Å². The van der Waals surface area contributed by atoms with Gasteiger partial charge in [0, 0.05) is 18.3 Å². The lowest BCUT2D eigenvalue weighted by Crippen LogP contribution is -2.04. The van der Waals surface area contributed by atoms with Crippen LogP contribution in [0.5, 0.6) is 0 Å². The second-order valence-electron chi connectivity index (χ2n) is 5.06. The Labute approximate surface area is 140 Å². The quantitative estimate of drug-likeness (QED) is 0.705. The highest BCUT2D eigenvalue weighted by atomic mass is 35.5. The van der Waals surface area contributed by atoms with Crippen LogP contribution in [0.3, 0.4) is 0 Å². The number of hydrogen-bond acceptors (Lipinski definition) is 4. The molecule has 2 heterocycles. The molecule has 2 N–H and O–H groups in total. The number of pyridine rings is 1. The molecule has 0 radical (unpaired) electrons. The molecule has 4 nitrogen and oxygen atoms in total. The maximum absolute atomic E-state index is 14.0. The molecule has 0 unspecified atom stereocenters. The molecule has 1 aromatic carbocycles. The average molecular weight is 351 g/mol. The van der Waals surface area contributed by atoms with Crippen LogP contribution in [0.15, 0.2) is 30.5 Å². The third kappa shape index (κ3) is 2.90. The molecule has 2 aromatic heterocycles. The SMILES string of the molecule is Cc1ccnc(-c2nc(N)c(-c3c(F)cc(F)cc3F)c(Cl)n2)c1. The van der Waals surface area contributed by atoms with Crippen LogP contribution in [0.4, 0.5) is 19.0 Å². The fraction of sp³-hybridized carbons (Fsp3) is 0.0625. The van der Waals surface area contributed by atoms with Gasteiger partial charge in [0.2, 0.25) is 0 Å². The van der Waals surface area contributed by atoms with Crippen molar-refractivity contribution in [2.24, 2.45) is 0 Å². The molecule has 0 aliphatic heterocycles. The molecule has 3 rings (SSSR count). The normalized spacial score (nSPS) is 10.9. The minimum absolute atomic E-state index is 0.118. The molecular weight excluding hydrogens is 341 g/mol. The van der Waals surface area contributed by atoms with Crippen molar-refractivity contribution in [1.82, 2.24) is 15.0 Å². The highest BCUT2D eigenvalue weighted by Gasteiger charge is 2.22. The van der Waals surface area contributed by atoms with E-state index in [4.69, 9.17) is 17.3 Å². The molecule has 0 saturated heterocycles. The summed E-state index contributed by atoms with van der Waals surface area (Å²) in [5, 5.41) is -0.259. The van der Waals surface area contributed by atoms with Gasteiger partial charge < -0.3 is 5.73 Å². The first-order valence-electron chi connectivity index (χ1n) is 6.77. The van der Waals surface area contributed by atoms with Crippen LogP contribution in [0.25, 0.3) is 22.6 Å². The molecule has 0 aliphatic carbocycles. The largest absolute Gasteiger partial charge is 0.383 e. The van der Waals surface area contributed by atoms with E-state index in [-0.39, 0.29) is 22.4 Å². The van der Waals surface area contributed by atoms with Crippen molar-refractivity contribution in [3.8, 4) is 22.6 Å². The molecule has 0 amide bonds. The van der Waals surface area contributed by atoms with Gasteiger partial charge in [0.05, 0.1) is 11.1 Å². The minimum atomic E-state index is -1.15. The van der Waals surface area contributed by atoms with Crippen LogP contribution >= 0.6 is 11.6 Å². The molecular formula is C16H10ClF3N4. The van der Waals surface area contributed by atoms with E-state index in [2.05, 4.69) is 15.0 Å². The van der Waals surface area contributed by atoms with E-state index in [1.807, 2.05) is 6.92 Å². The highest BCUT2D eigenvalue weighted by Crippen LogP contribution is 2.36. The number of anilines is 1. The van der Waals surface area contributed by atoms with Crippen molar-refractivity contribution in [2.45, 2.75) is 6.92 Å². The molecule has 3 aromatic rings. The van der Waals surface area contributed by atoms with E-state index in [9.17, 15) is 13.2 Å². The summed E-state index contributed by atoms with van der Waals surface area (Å²) in [6.07, 6.45) is 1.56. The topological polar surface area (TPSA) is 64.7 Å². The van der Waals surface area contributed by atoms with Gasteiger partial charge in [-0.1, -0.05) is 11.6 Å². The first kappa shape index (κ1) is 16.2. The second kappa shape index (κ2) is 6.09. The summed E-state index contributed by atoms with van der Waals surface area (Å²) in [5.41, 5.74) is 6.33. The molecule has 8 heteroatoms. The summed E-state index contributed by atoms with van der Waals surface area (Å²) in [4.78, 5) is 12.1. The first-order chi connectivity index (χ1) is 11.4. The van der Waals surface area contributed by atoms with Crippen LogP contribution in [0, 0.1) is 24.4 Å². The van der Waals surface area contributed by atoms with Gasteiger partial charge in [0.1, 0.15) is 34.1 Å². The number of aryl methyl sites for hydroxylation is 1. The van der Waals surface area contributed by atoms with Gasteiger partial charge in [-0.25, -0.2) is 23.1 Å². The van der Waals surface area contributed by atoms with Crippen molar-refractivity contribution in [3.05, 3.63) is 58.6 Å². The summed E-state index contributed by atoms with van der Waals surface area (Å²) in [5.74, 6) is -3.47. The number of nitrogens with two attached hydrogens (primary N) is 1. The van der Waals surface area contributed by atoms with Gasteiger partial charge in [0.25, 0.3) is 0 Å². The summed E-state index contributed by atoms with van der Waals surface area (Å²) >= 11 is 6.06. The molecule has 0 atom stereocenters. The molecule has 0 saturated carbocycles. The zero-order chi connectivity index (χ0) is 17.4. The third-order valence-corrected chi connectivity index (χ3v) is 3.57. The van der Waals surface area contributed by atoms with Gasteiger partial charge in [-0.05, 0) is 24.6 Å². The number of nitrogens with zero attached hydrogens (tertiary/aromatic N) is 3. The highest BCUT2D eigenvalue weighted by molar-refractivity contribution is 6.32. The van der Waals surface area contributed by atoms with E-state index >= 15 is 0 Å². The predicted molar refractivity (Wildman–Crippen MR) is 84.7 cm³/mol. The van der Waals surface area contributed by atoms with Crippen LogP contribution in [0.2, 0.25) is 5.15 Å². The minimum Gasteiger partial charge on any atom is -0.383 e. The van der Waals surface area contributed by atoms with Crippen LogP contribution in [-0.4, -0.2) is 15.0 Å². The Morgan fingerprint density at radius 3 is 2.25 bits per heavy atom. The number of aromatic nitrogens is 3. The van der Waals surface area contributed by atoms with Gasteiger partial charge in [0.15, 0.2) is 5.82 Å². The van der Waals surface area contributed by atoms with Crippen LogP contribution in [0.1, 0.15) is 5.56 Å². The number of hydrogen-bond donors (Lipinski definition) is 1. The maximum atomic E-state index is 14.0.